The van der Waals surface area contributed by atoms with Crippen molar-refractivity contribution >= 4 is 5.69 Å². The molecule has 2 aromatic carbocycles. The highest BCUT2D eigenvalue weighted by molar-refractivity contribution is 5.70. The molecule has 1 heterocycles. The lowest BCUT2D eigenvalue weighted by molar-refractivity contribution is 0.244. The zero-order chi connectivity index (χ0) is 27.2. The Balaban J connectivity index is 1.87. The summed E-state index contributed by atoms with van der Waals surface area (Å²) in [5, 5.41) is 7.36. The van der Waals surface area contributed by atoms with Gasteiger partial charge in [0, 0.05) is 18.5 Å². The lowest BCUT2D eigenvalue weighted by Gasteiger charge is -2.13. The highest BCUT2D eigenvalue weighted by Crippen LogP contribution is 2.38. The Bertz CT molecular complexity index is 1430. The fraction of sp³-hybridized carbons (Fsp3) is 0.375. The molecule has 0 radical (unpaired) electrons. The van der Waals surface area contributed by atoms with Crippen LogP contribution in [-0.4, -0.2) is 22.8 Å². The van der Waals surface area contributed by atoms with E-state index in [9.17, 15) is 0 Å². The van der Waals surface area contributed by atoms with Crippen LogP contribution in [0, 0.1) is 6.57 Å². The normalized spacial score (nSPS) is 18.9. The van der Waals surface area contributed by atoms with E-state index in [-0.39, 0.29) is 58.4 Å². The van der Waals surface area contributed by atoms with Gasteiger partial charge in [-0.15, -0.1) is 0 Å². The first-order valence-electron chi connectivity index (χ1n) is 13.3. The molecule has 1 atom stereocenters. The summed E-state index contributed by atoms with van der Waals surface area (Å²) in [6.07, 6.45) is 0.651. The molecule has 1 N–H and O–H groups in total. The maximum Gasteiger partial charge on any atom is 0.256 e. The van der Waals surface area contributed by atoms with Gasteiger partial charge in [-0.3, -0.25) is 0 Å². The highest BCUT2D eigenvalue weighted by Gasteiger charge is 2.26. The average Bonchev–Trinajstić information content (AvgIpc) is 3.47. The van der Waals surface area contributed by atoms with Gasteiger partial charge in [0.25, 0.3) is 5.89 Å². The van der Waals surface area contributed by atoms with Gasteiger partial charge in [-0.2, -0.15) is 4.98 Å². The van der Waals surface area contributed by atoms with E-state index in [0.29, 0.717) is 24.0 Å². The van der Waals surface area contributed by atoms with Gasteiger partial charge in [0.15, 0.2) is 0 Å². The Hall–Kier alpha value is -3.17. The number of hydrogen-bond acceptors (Lipinski definition) is 5. The molecule has 1 aromatic heterocycles. The van der Waals surface area contributed by atoms with E-state index in [1.54, 1.807) is 0 Å². The van der Waals surface area contributed by atoms with E-state index in [2.05, 4.69) is 20.3 Å². The number of ether oxygens (including phenoxy) is 1. The molecule has 1 aliphatic carbocycles. The largest absolute Gasteiger partial charge is 0.502 e. The van der Waals surface area contributed by atoms with Gasteiger partial charge in [-0.1, -0.05) is 30.2 Å². The van der Waals surface area contributed by atoms with Crippen LogP contribution >= 0.6 is 0 Å². The Kier molecular flexibility index (Phi) is 3.82. The lowest BCUT2D eigenvalue weighted by Crippen LogP contribution is -2.19. The van der Waals surface area contributed by atoms with Crippen LogP contribution in [0.5, 0.6) is 5.75 Å². The molecule has 6 heteroatoms. The fourth-order valence-corrected chi connectivity index (χ4v) is 3.43. The van der Waals surface area contributed by atoms with Gasteiger partial charge in [-0.05, 0) is 68.9 Å². The molecule has 154 valence electrons. The Labute approximate surface area is 186 Å². The van der Waals surface area contributed by atoms with Crippen LogP contribution in [-0.2, 0) is 6.42 Å². The van der Waals surface area contributed by atoms with Gasteiger partial charge in [-0.25, -0.2) is 4.85 Å². The highest BCUT2D eigenvalue weighted by atomic mass is 16.5. The zero-order valence-corrected chi connectivity index (χ0v) is 17.1. The number of aromatic nitrogens is 2. The fourth-order valence-electron chi connectivity index (χ4n) is 3.43. The molecular formula is C24H26N4O2. The van der Waals surface area contributed by atoms with Crippen molar-refractivity contribution in [3.05, 3.63) is 58.8 Å². The Morgan fingerprint density at radius 3 is 3.03 bits per heavy atom. The smallest absolute Gasteiger partial charge is 0.256 e. The molecule has 1 aliphatic rings. The quantitative estimate of drug-likeness (QED) is 0.505. The van der Waals surface area contributed by atoms with Gasteiger partial charge in [0.05, 0.1) is 20.9 Å². The number of rotatable bonds is 7. The predicted octanol–water partition coefficient (Wildman–Crippen LogP) is 5.73. The van der Waals surface area contributed by atoms with Crippen LogP contribution in [0.25, 0.3) is 27.7 Å². The van der Waals surface area contributed by atoms with Crippen LogP contribution in [0.3, 0.4) is 0 Å². The first-order valence-corrected chi connectivity index (χ1v) is 9.81. The van der Waals surface area contributed by atoms with Crippen LogP contribution in [0.2, 0.25) is 0 Å². The van der Waals surface area contributed by atoms with E-state index in [0.717, 1.165) is 13.0 Å². The Morgan fingerprint density at radius 1 is 1.40 bits per heavy atom. The van der Waals surface area contributed by atoms with Crippen molar-refractivity contribution in [3.8, 4) is 28.6 Å². The molecular weight excluding hydrogens is 376 g/mol. The van der Waals surface area contributed by atoms with E-state index in [1.165, 1.54) is 13.8 Å². The minimum atomic E-state index is -1.50. The number of hydrogen-bond donors (Lipinski definition) is 1. The molecule has 0 bridgehead atoms. The molecule has 0 unspecified atom stereocenters. The van der Waals surface area contributed by atoms with Gasteiger partial charge in [0.1, 0.15) is 5.75 Å². The van der Waals surface area contributed by atoms with Crippen molar-refractivity contribution in [1.82, 2.24) is 15.5 Å². The van der Waals surface area contributed by atoms with E-state index < -0.39 is 24.2 Å². The first-order chi connectivity index (χ1) is 17.4. The number of nitrogens with one attached hydrogen (secondary N) is 1. The molecule has 0 amide bonds. The summed E-state index contributed by atoms with van der Waals surface area (Å²) < 4.78 is 69.3. The molecule has 0 fully saturated rings. The summed E-state index contributed by atoms with van der Waals surface area (Å²) in [6.45, 7) is 13.1. The van der Waals surface area contributed by atoms with Gasteiger partial charge >= 0.3 is 0 Å². The van der Waals surface area contributed by atoms with E-state index in [4.69, 9.17) is 25.4 Å². The molecule has 30 heavy (non-hydrogen) atoms. The van der Waals surface area contributed by atoms with Crippen LogP contribution in [0.1, 0.15) is 60.4 Å². The summed E-state index contributed by atoms with van der Waals surface area (Å²) in [5.41, 5.74) is 1.00. The van der Waals surface area contributed by atoms with Gasteiger partial charge in [0.2, 0.25) is 11.5 Å². The average molecular weight is 410 g/mol. The zero-order valence-electron chi connectivity index (χ0n) is 24.1. The minimum absolute atomic E-state index is 0.00564. The van der Waals surface area contributed by atoms with Crippen molar-refractivity contribution in [3.63, 3.8) is 0 Å². The summed E-state index contributed by atoms with van der Waals surface area (Å²) >= 11 is 0. The second-order valence-corrected chi connectivity index (χ2v) is 7.16. The van der Waals surface area contributed by atoms with Crippen molar-refractivity contribution in [1.29, 1.82) is 0 Å². The van der Waals surface area contributed by atoms with Crippen LogP contribution in [0.15, 0.2) is 40.8 Å². The Morgan fingerprint density at radius 2 is 2.27 bits per heavy atom. The molecule has 0 aliphatic heterocycles. The van der Waals surface area contributed by atoms with Crippen LogP contribution in [0.4, 0.5) is 5.69 Å². The third-order valence-corrected chi connectivity index (χ3v) is 4.72. The topological polar surface area (TPSA) is 64.5 Å². The van der Waals surface area contributed by atoms with Crippen molar-refractivity contribution in [2.24, 2.45) is 0 Å². The summed E-state index contributed by atoms with van der Waals surface area (Å²) in [7, 11) is 0. The van der Waals surface area contributed by atoms with Crippen molar-refractivity contribution < 1.29 is 18.9 Å². The predicted molar refractivity (Wildman–Crippen MR) is 117 cm³/mol. The van der Waals surface area contributed by atoms with Crippen molar-refractivity contribution in [2.45, 2.75) is 52.2 Å². The summed E-state index contributed by atoms with van der Waals surface area (Å²) in [4.78, 5) is 7.62. The number of nitrogens with zero attached hydrogens (tertiary/aromatic N) is 3. The molecule has 0 saturated carbocycles. The van der Waals surface area contributed by atoms with E-state index in [1.807, 2.05) is 6.92 Å². The second kappa shape index (κ2) is 8.68. The first kappa shape index (κ1) is 13.2. The lowest BCUT2D eigenvalue weighted by atomic mass is 10.0. The molecule has 0 saturated heterocycles. The van der Waals surface area contributed by atoms with Crippen molar-refractivity contribution in [2.75, 3.05) is 6.54 Å². The minimum Gasteiger partial charge on any atom is -0.502 e. The monoisotopic (exact) mass is 409 g/mol. The molecule has 0 spiro atoms. The second-order valence-electron chi connectivity index (χ2n) is 7.16. The third-order valence-electron chi connectivity index (χ3n) is 4.72. The summed E-state index contributed by atoms with van der Waals surface area (Å²) in [5.74, 6) is -0.646. The van der Waals surface area contributed by atoms with Crippen LogP contribution < -0.4 is 10.1 Å². The third kappa shape index (κ3) is 3.94. The standard InChI is InChI=1S/C24H26N4O2/c1-5-13-26-20-11-10-17-18(20)7-6-8-19(17)23-27-24(30-28-23)16-9-12-22(29-15(2)3)21(14-16)25-4/h6-9,12,14-15,20,26H,5,10-11,13H2,1-3H3/t20-/m0/s1/i6D,7D,8D,9D,12D,14D,15D. The summed E-state index contributed by atoms with van der Waals surface area (Å²) in [6, 6.07) is -2.02. The maximum absolute atomic E-state index is 8.53. The SMILES string of the molecule is [2H]c1c([2H])c(-c2noc(-c3c([2H])c([2H])c(OC([2H])(C)C)c([N+]#[C-])c3[2H])n2)c2c(c1[2H])[C@@H](NCCC)CC2. The number of benzene rings is 2. The maximum atomic E-state index is 8.53. The molecule has 6 nitrogen and oxygen atoms in total. The number of fused-ring (bicyclic) bond motifs is 1. The molecule has 4 rings (SSSR count). The van der Waals surface area contributed by atoms with E-state index >= 15 is 0 Å². The van der Waals surface area contributed by atoms with Gasteiger partial charge < -0.3 is 14.6 Å². The molecule has 3 aromatic rings.